The molecule has 7 nitrogen and oxygen atoms in total. The summed E-state index contributed by atoms with van der Waals surface area (Å²) >= 11 is 0. The average molecular weight is 416 g/mol. The van der Waals surface area contributed by atoms with Crippen LogP contribution in [0.1, 0.15) is 44.3 Å². The lowest BCUT2D eigenvalue weighted by Gasteiger charge is -2.06. The van der Waals surface area contributed by atoms with Crippen LogP contribution in [0.5, 0.6) is 0 Å². The van der Waals surface area contributed by atoms with Crippen LogP contribution in [0.25, 0.3) is 11.4 Å². The van der Waals surface area contributed by atoms with E-state index >= 15 is 0 Å². The highest BCUT2D eigenvalue weighted by Crippen LogP contribution is 2.21. The molecule has 0 fully saturated rings. The van der Waals surface area contributed by atoms with Gasteiger partial charge in [0.15, 0.2) is 6.61 Å². The van der Waals surface area contributed by atoms with Crippen molar-refractivity contribution in [2.45, 2.75) is 40.8 Å². The zero-order chi connectivity index (χ0) is 22.0. The van der Waals surface area contributed by atoms with Gasteiger partial charge in [-0.05, 0) is 38.8 Å². The van der Waals surface area contributed by atoms with Crippen LogP contribution in [0.3, 0.4) is 0 Å². The van der Waals surface area contributed by atoms with Crippen molar-refractivity contribution in [3.63, 3.8) is 0 Å². The fraction of sp³-hybridized carbons (Fsp3) is 0.250. The van der Waals surface area contributed by atoms with Crippen molar-refractivity contribution in [1.82, 2.24) is 19.9 Å². The van der Waals surface area contributed by atoms with E-state index in [9.17, 15) is 4.79 Å². The first-order chi connectivity index (χ1) is 14.9. The molecule has 0 radical (unpaired) electrons. The lowest BCUT2D eigenvalue weighted by atomic mass is 10.1. The van der Waals surface area contributed by atoms with Crippen LogP contribution in [-0.2, 0) is 17.9 Å². The number of ether oxygens (including phenoxy) is 1. The Morgan fingerprint density at radius 2 is 1.77 bits per heavy atom. The Balaban J connectivity index is 1.45. The molecule has 158 valence electrons. The third-order valence-electron chi connectivity index (χ3n) is 5.22. The second kappa shape index (κ2) is 8.55. The average Bonchev–Trinajstić information content (AvgIpc) is 3.33. The molecule has 2 aromatic heterocycles. The third kappa shape index (κ3) is 4.40. The Bertz CT molecular complexity index is 1220. The van der Waals surface area contributed by atoms with E-state index in [4.69, 9.17) is 9.26 Å². The van der Waals surface area contributed by atoms with Crippen LogP contribution >= 0.6 is 0 Å². The third-order valence-corrected chi connectivity index (χ3v) is 5.22. The predicted octanol–water partition coefficient (Wildman–Crippen LogP) is 4.57. The maximum atomic E-state index is 12.7. The van der Waals surface area contributed by atoms with Crippen molar-refractivity contribution in [2.24, 2.45) is 0 Å². The minimum atomic E-state index is -0.458. The Kier molecular flexibility index (Phi) is 5.66. The highest BCUT2D eigenvalue weighted by Gasteiger charge is 2.21. The largest absolute Gasteiger partial charge is 0.452 e. The summed E-state index contributed by atoms with van der Waals surface area (Å²) in [6, 6.07) is 16.0. The number of hydrogen-bond acceptors (Lipinski definition) is 6. The predicted molar refractivity (Wildman–Crippen MR) is 116 cm³/mol. The van der Waals surface area contributed by atoms with E-state index in [2.05, 4.69) is 46.4 Å². The van der Waals surface area contributed by atoms with Crippen LogP contribution < -0.4 is 0 Å². The topological polar surface area (TPSA) is 83.0 Å². The molecule has 0 saturated carbocycles. The number of esters is 1. The van der Waals surface area contributed by atoms with Gasteiger partial charge in [-0.25, -0.2) is 4.79 Å². The molecule has 0 unspecified atom stereocenters. The number of nitrogens with zero attached hydrogens (tertiary/aromatic N) is 4. The summed E-state index contributed by atoms with van der Waals surface area (Å²) in [5, 5.41) is 8.52. The summed E-state index contributed by atoms with van der Waals surface area (Å²) < 4.78 is 12.5. The van der Waals surface area contributed by atoms with Gasteiger partial charge in [-0.15, -0.1) is 0 Å². The maximum Gasteiger partial charge on any atom is 0.342 e. The van der Waals surface area contributed by atoms with Crippen molar-refractivity contribution in [3.8, 4) is 11.4 Å². The van der Waals surface area contributed by atoms with Crippen molar-refractivity contribution in [2.75, 3.05) is 0 Å². The molecular weight excluding hydrogens is 392 g/mol. The van der Waals surface area contributed by atoms with Gasteiger partial charge in [0.1, 0.15) is 5.56 Å². The minimum Gasteiger partial charge on any atom is -0.452 e. The molecule has 0 aliphatic carbocycles. The van der Waals surface area contributed by atoms with E-state index in [1.807, 2.05) is 42.8 Å². The number of benzene rings is 2. The Hall–Kier alpha value is -3.74. The van der Waals surface area contributed by atoms with Gasteiger partial charge in [-0.3, -0.25) is 4.68 Å². The molecule has 0 amide bonds. The first-order valence-corrected chi connectivity index (χ1v) is 10.1. The van der Waals surface area contributed by atoms with E-state index in [-0.39, 0.29) is 12.5 Å². The Morgan fingerprint density at radius 1 is 1.03 bits per heavy atom. The molecule has 31 heavy (non-hydrogen) atoms. The first kappa shape index (κ1) is 20.5. The fourth-order valence-electron chi connectivity index (χ4n) is 3.46. The lowest BCUT2D eigenvalue weighted by Crippen LogP contribution is -2.09. The molecule has 0 aliphatic rings. The monoisotopic (exact) mass is 416 g/mol. The van der Waals surface area contributed by atoms with Gasteiger partial charge in [-0.1, -0.05) is 59.3 Å². The second-order valence-electron chi connectivity index (χ2n) is 7.59. The summed E-state index contributed by atoms with van der Waals surface area (Å²) in [7, 11) is 0. The molecule has 0 N–H and O–H groups in total. The molecule has 4 aromatic rings. The summed E-state index contributed by atoms with van der Waals surface area (Å²) in [6.45, 7) is 8.19. The maximum absolute atomic E-state index is 12.7. The van der Waals surface area contributed by atoms with Crippen LogP contribution in [0, 0.1) is 27.7 Å². The highest BCUT2D eigenvalue weighted by molar-refractivity contribution is 5.91. The van der Waals surface area contributed by atoms with Crippen molar-refractivity contribution >= 4 is 5.97 Å². The zero-order valence-corrected chi connectivity index (χ0v) is 18.0. The molecule has 7 heteroatoms. The number of aromatic nitrogens is 4. The number of rotatable bonds is 6. The Morgan fingerprint density at radius 3 is 2.52 bits per heavy atom. The lowest BCUT2D eigenvalue weighted by molar-refractivity contribution is 0.0428. The molecule has 2 heterocycles. The molecule has 0 spiro atoms. The van der Waals surface area contributed by atoms with Crippen LogP contribution in [0.15, 0.2) is 53.1 Å². The van der Waals surface area contributed by atoms with Gasteiger partial charge in [0.05, 0.1) is 17.9 Å². The molecule has 0 saturated heterocycles. The fourth-order valence-corrected chi connectivity index (χ4v) is 3.46. The van der Waals surface area contributed by atoms with Crippen LogP contribution in [0.4, 0.5) is 0 Å². The normalized spacial score (nSPS) is 11.0. The van der Waals surface area contributed by atoms with Gasteiger partial charge in [0.2, 0.25) is 5.82 Å². The van der Waals surface area contributed by atoms with E-state index in [0.29, 0.717) is 23.6 Å². The van der Waals surface area contributed by atoms with E-state index in [1.54, 1.807) is 6.92 Å². The first-order valence-electron chi connectivity index (χ1n) is 10.1. The summed E-state index contributed by atoms with van der Waals surface area (Å²) in [5.41, 5.74) is 6.09. The SMILES string of the molecule is Cc1ccc(Cn2nc(C)c(C(=O)OCc3nc(-c4ccccc4C)no3)c2C)cc1. The summed E-state index contributed by atoms with van der Waals surface area (Å²) in [5.74, 6) is 0.261. The molecule has 2 aromatic carbocycles. The molecule has 0 atom stereocenters. The minimum absolute atomic E-state index is 0.0975. The zero-order valence-electron chi connectivity index (χ0n) is 18.0. The van der Waals surface area contributed by atoms with Crippen molar-refractivity contribution in [3.05, 3.63) is 88.1 Å². The van der Waals surface area contributed by atoms with Crippen LogP contribution in [0.2, 0.25) is 0 Å². The van der Waals surface area contributed by atoms with E-state index in [0.717, 1.165) is 22.4 Å². The number of aryl methyl sites for hydroxylation is 3. The van der Waals surface area contributed by atoms with Crippen LogP contribution in [-0.4, -0.2) is 25.9 Å². The van der Waals surface area contributed by atoms with E-state index in [1.165, 1.54) is 5.56 Å². The van der Waals surface area contributed by atoms with Gasteiger partial charge in [0.25, 0.3) is 5.89 Å². The van der Waals surface area contributed by atoms with Gasteiger partial charge in [0, 0.05) is 5.56 Å². The quantitative estimate of drug-likeness (QED) is 0.428. The molecule has 0 aliphatic heterocycles. The molecular formula is C24H24N4O3. The number of hydrogen-bond donors (Lipinski definition) is 0. The molecule has 0 bridgehead atoms. The van der Waals surface area contributed by atoms with Gasteiger partial charge >= 0.3 is 5.97 Å². The van der Waals surface area contributed by atoms with E-state index < -0.39 is 5.97 Å². The number of carbonyl (C=O) groups excluding carboxylic acids is 1. The van der Waals surface area contributed by atoms with Gasteiger partial charge in [-0.2, -0.15) is 10.1 Å². The number of carbonyl (C=O) groups is 1. The van der Waals surface area contributed by atoms with Gasteiger partial charge < -0.3 is 9.26 Å². The smallest absolute Gasteiger partial charge is 0.342 e. The standard InChI is InChI=1S/C24H24N4O3/c1-15-9-11-19(12-10-15)13-28-18(4)22(17(3)26-28)24(29)30-14-21-25-23(27-31-21)20-8-6-5-7-16(20)2/h5-12H,13-14H2,1-4H3. The Labute approximate surface area is 180 Å². The summed E-state index contributed by atoms with van der Waals surface area (Å²) in [4.78, 5) is 17.1. The highest BCUT2D eigenvalue weighted by atomic mass is 16.6. The summed E-state index contributed by atoms with van der Waals surface area (Å²) in [6.07, 6.45) is 0. The molecule has 4 rings (SSSR count). The second-order valence-corrected chi connectivity index (χ2v) is 7.59. The van der Waals surface area contributed by atoms with Crippen molar-refractivity contribution in [1.29, 1.82) is 0 Å². The van der Waals surface area contributed by atoms with Crippen molar-refractivity contribution < 1.29 is 14.1 Å².